The summed E-state index contributed by atoms with van der Waals surface area (Å²) in [5.41, 5.74) is 7.03. The summed E-state index contributed by atoms with van der Waals surface area (Å²) in [5.74, 6) is 0.462. The Labute approximate surface area is 95.0 Å². The van der Waals surface area contributed by atoms with Gasteiger partial charge in [0.25, 0.3) is 0 Å². The summed E-state index contributed by atoms with van der Waals surface area (Å²) in [6.45, 7) is 0. The summed E-state index contributed by atoms with van der Waals surface area (Å²) >= 11 is 3.21. The van der Waals surface area contributed by atoms with Gasteiger partial charge in [-0.1, -0.05) is 0 Å². The predicted octanol–water partition coefficient (Wildman–Crippen LogP) is 3.35. The highest BCUT2D eigenvalue weighted by atomic mass is 79.9. The van der Waals surface area contributed by atoms with E-state index in [0.717, 1.165) is 11.3 Å². The number of hydrogen-bond acceptors (Lipinski definition) is 2. The maximum absolute atomic E-state index is 13.0. The Kier molecular flexibility index (Phi) is 2.77. The second kappa shape index (κ2) is 4.06. The van der Waals surface area contributed by atoms with E-state index in [4.69, 9.17) is 10.2 Å². The molecule has 2 aromatic rings. The summed E-state index contributed by atoms with van der Waals surface area (Å²) in [6, 6.07) is 7.95. The minimum absolute atomic E-state index is 0.287. The molecular weight excluding hydrogens is 261 g/mol. The first-order valence-corrected chi connectivity index (χ1v) is 5.22. The van der Waals surface area contributed by atoms with Crippen molar-refractivity contribution >= 4 is 21.6 Å². The lowest BCUT2D eigenvalue weighted by Gasteiger charge is -2.03. The van der Waals surface area contributed by atoms with Crippen molar-refractivity contribution in [1.82, 2.24) is 0 Å². The fourth-order valence-electron chi connectivity index (χ4n) is 1.36. The lowest BCUT2D eigenvalue weighted by molar-refractivity contribution is 0.498. The van der Waals surface area contributed by atoms with E-state index in [9.17, 15) is 4.39 Å². The van der Waals surface area contributed by atoms with Crippen LogP contribution in [0.2, 0.25) is 0 Å². The number of nitrogen functional groups attached to an aromatic ring is 1. The van der Waals surface area contributed by atoms with E-state index in [0.29, 0.717) is 16.8 Å². The van der Waals surface area contributed by atoms with Gasteiger partial charge in [0, 0.05) is 12.1 Å². The van der Waals surface area contributed by atoms with Gasteiger partial charge in [-0.15, -0.1) is 0 Å². The van der Waals surface area contributed by atoms with Crippen LogP contribution in [0.1, 0.15) is 11.3 Å². The van der Waals surface area contributed by atoms with Crippen molar-refractivity contribution in [3.63, 3.8) is 0 Å². The number of halogens is 2. The van der Waals surface area contributed by atoms with E-state index in [1.807, 2.05) is 6.07 Å². The zero-order valence-electron chi connectivity index (χ0n) is 7.84. The minimum atomic E-state index is -0.287. The Morgan fingerprint density at radius 3 is 2.73 bits per heavy atom. The first-order chi connectivity index (χ1) is 7.15. The van der Waals surface area contributed by atoms with Crippen LogP contribution in [0, 0.1) is 5.82 Å². The fourth-order valence-corrected chi connectivity index (χ4v) is 1.70. The van der Waals surface area contributed by atoms with Crippen LogP contribution in [0.4, 0.5) is 10.1 Å². The molecule has 0 aliphatic rings. The lowest BCUT2D eigenvalue weighted by Crippen LogP contribution is -1.95. The smallest absolute Gasteiger partial charge is 0.169 e. The Morgan fingerprint density at radius 2 is 2.07 bits per heavy atom. The Morgan fingerprint density at radius 1 is 1.27 bits per heavy atom. The van der Waals surface area contributed by atoms with Gasteiger partial charge >= 0.3 is 0 Å². The molecule has 2 N–H and O–H groups in total. The predicted molar refractivity (Wildman–Crippen MR) is 60.0 cm³/mol. The van der Waals surface area contributed by atoms with Gasteiger partial charge in [0.15, 0.2) is 4.67 Å². The SMILES string of the molecule is Nc1ccc(F)cc1Cc1ccc(Br)o1. The van der Waals surface area contributed by atoms with Crippen molar-refractivity contribution in [2.45, 2.75) is 6.42 Å². The Hall–Kier alpha value is -1.29. The van der Waals surface area contributed by atoms with E-state index in [2.05, 4.69) is 15.9 Å². The summed E-state index contributed by atoms with van der Waals surface area (Å²) in [4.78, 5) is 0. The topological polar surface area (TPSA) is 39.2 Å². The molecular formula is C11H9BrFNO. The van der Waals surface area contributed by atoms with E-state index in [1.165, 1.54) is 12.1 Å². The van der Waals surface area contributed by atoms with Crippen molar-refractivity contribution in [1.29, 1.82) is 0 Å². The van der Waals surface area contributed by atoms with Crippen LogP contribution >= 0.6 is 15.9 Å². The van der Waals surface area contributed by atoms with Gasteiger partial charge in [0.2, 0.25) is 0 Å². The molecule has 0 aliphatic heterocycles. The molecule has 0 fully saturated rings. The normalized spacial score (nSPS) is 10.5. The summed E-state index contributed by atoms with van der Waals surface area (Å²) in [6.07, 6.45) is 0.495. The van der Waals surface area contributed by atoms with Crippen molar-refractivity contribution in [3.05, 3.63) is 52.1 Å². The highest BCUT2D eigenvalue weighted by Crippen LogP contribution is 2.21. The van der Waals surface area contributed by atoms with Crippen LogP contribution in [-0.2, 0) is 6.42 Å². The maximum Gasteiger partial charge on any atom is 0.169 e. The second-order valence-electron chi connectivity index (χ2n) is 3.23. The largest absolute Gasteiger partial charge is 0.454 e. The van der Waals surface area contributed by atoms with E-state index >= 15 is 0 Å². The number of benzene rings is 1. The molecule has 0 amide bonds. The van der Waals surface area contributed by atoms with Crippen LogP contribution in [0.5, 0.6) is 0 Å². The van der Waals surface area contributed by atoms with Crippen molar-refractivity contribution < 1.29 is 8.81 Å². The molecule has 0 saturated carbocycles. The molecule has 0 saturated heterocycles. The van der Waals surface area contributed by atoms with Gasteiger partial charge in [-0.05, 0) is 51.8 Å². The monoisotopic (exact) mass is 269 g/mol. The lowest BCUT2D eigenvalue weighted by atomic mass is 10.1. The molecule has 0 aliphatic carbocycles. The molecule has 0 bridgehead atoms. The average molecular weight is 270 g/mol. The summed E-state index contributed by atoms with van der Waals surface area (Å²) in [7, 11) is 0. The quantitative estimate of drug-likeness (QED) is 0.850. The van der Waals surface area contributed by atoms with Crippen LogP contribution in [-0.4, -0.2) is 0 Å². The molecule has 2 rings (SSSR count). The average Bonchev–Trinajstić information content (AvgIpc) is 2.58. The Bertz CT molecular complexity index is 481. The highest BCUT2D eigenvalue weighted by molar-refractivity contribution is 9.10. The summed E-state index contributed by atoms with van der Waals surface area (Å²) in [5, 5.41) is 0. The van der Waals surface area contributed by atoms with Gasteiger partial charge in [-0.3, -0.25) is 0 Å². The fraction of sp³-hybridized carbons (Fsp3) is 0.0909. The molecule has 15 heavy (non-hydrogen) atoms. The van der Waals surface area contributed by atoms with Gasteiger partial charge in [-0.25, -0.2) is 4.39 Å². The van der Waals surface area contributed by atoms with Gasteiger partial charge in [-0.2, -0.15) is 0 Å². The number of nitrogens with two attached hydrogens (primary N) is 1. The molecule has 78 valence electrons. The zero-order valence-corrected chi connectivity index (χ0v) is 9.42. The van der Waals surface area contributed by atoms with Crippen LogP contribution in [0.3, 0.4) is 0 Å². The van der Waals surface area contributed by atoms with Crippen LogP contribution in [0.15, 0.2) is 39.4 Å². The third kappa shape index (κ3) is 2.39. The standard InChI is InChI=1S/C11H9BrFNO/c12-11-4-2-9(15-11)6-7-5-8(13)1-3-10(7)14/h1-5H,6,14H2. The van der Waals surface area contributed by atoms with Crippen molar-refractivity contribution in [2.75, 3.05) is 5.73 Å². The number of anilines is 1. The van der Waals surface area contributed by atoms with E-state index < -0.39 is 0 Å². The molecule has 4 heteroatoms. The maximum atomic E-state index is 13.0. The number of furan rings is 1. The minimum Gasteiger partial charge on any atom is -0.454 e. The molecule has 2 nitrogen and oxygen atoms in total. The first kappa shape index (κ1) is 10.2. The van der Waals surface area contributed by atoms with Crippen molar-refractivity contribution in [3.8, 4) is 0 Å². The zero-order chi connectivity index (χ0) is 10.8. The summed E-state index contributed by atoms with van der Waals surface area (Å²) < 4.78 is 18.9. The van der Waals surface area contributed by atoms with Gasteiger partial charge in [0.05, 0.1) is 0 Å². The molecule has 0 spiro atoms. The van der Waals surface area contributed by atoms with E-state index in [-0.39, 0.29) is 5.82 Å². The first-order valence-electron chi connectivity index (χ1n) is 4.43. The highest BCUT2D eigenvalue weighted by Gasteiger charge is 2.05. The third-order valence-electron chi connectivity index (χ3n) is 2.10. The second-order valence-corrected chi connectivity index (χ2v) is 4.01. The van der Waals surface area contributed by atoms with Crippen LogP contribution < -0.4 is 5.73 Å². The van der Waals surface area contributed by atoms with Gasteiger partial charge < -0.3 is 10.2 Å². The molecule has 1 aromatic carbocycles. The van der Waals surface area contributed by atoms with Crippen molar-refractivity contribution in [2.24, 2.45) is 0 Å². The third-order valence-corrected chi connectivity index (χ3v) is 2.52. The Balaban J connectivity index is 2.27. The molecule has 0 radical (unpaired) electrons. The molecule has 1 aromatic heterocycles. The molecule has 0 atom stereocenters. The van der Waals surface area contributed by atoms with E-state index in [1.54, 1.807) is 12.1 Å². The molecule has 0 unspecified atom stereocenters. The van der Waals surface area contributed by atoms with Gasteiger partial charge in [0.1, 0.15) is 11.6 Å². The number of hydrogen-bond donors (Lipinski definition) is 1. The molecule has 1 heterocycles. The number of rotatable bonds is 2. The van der Waals surface area contributed by atoms with Crippen LogP contribution in [0.25, 0.3) is 0 Å².